The number of nitrogens with one attached hydrogen (secondary N) is 3. The number of nitrogens with zero attached hydrogens (tertiary/aromatic N) is 4. The number of aromatic nitrogens is 2. The Kier molecular flexibility index (Phi) is 6.01. The molecule has 0 bridgehead atoms. The fourth-order valence-corrected chi connectivity index (χ4v) is 3.86. The Balaban J connectivity index is 1.29. The Bertz CT molecular complexity index is 874. The molecule has 2 aliphatic rings. The molecule has 3 heterocycles. The lowest BCUT2D eigenvalue weighted by Crippen LogP contribution is -2.39. The van der Waals surface area contributed by atoms with Crippen LogP contribution in [-0.2, 0) is 6.54 Å². The molecule has 9 heteroatoms. The molecule has 3 N–H and O–H groups in total. The van der Waals surface area contributed by atoms with Crippen LogP contribution in [0.1, 0.15) is 18.4 Å². The highest BCUT2D eigenvalue weighted by atomic mass is 35.5. The first-order chi connectivity index (χ1) is 14.1. The van der Waals surface area contributed by atoms with Gasteiger partial charge in [0.05, 0.1) is 0 Å². The Morgan fingerprint density at radius 2 is 2.14 bits per heavy atom. The van der Waals surface area contributed by atoms with Gasteiger partial charge in [0.15, 0.2) is 0 Å². The van der Waals surface area contributed by atoms with Crippen LogP contribution in [0.4, 0.5) is 22.2 Å². The second-order valence-corrected chi connectivity index (χ2v) is 7.86. The van der Waals surface area contributed by atoms with Crippen molar-refractivity contribution in [2.24, 2.45) is 0 Å². The summed E-state index contributed by atoms with van der Waals surface area (Å²) in [5, 5.41) is 9.56. The highest BCUT2D eigenvalue weighted by Crippen LogP contribution is 2.24. The van der Waals surface area contributed by atoms with E-state index in [9.17, 15) is 4.79 Å². The zero-order chi connectivity index (χ0) is 20.2. The largest absolute Gasteiger partial charge is 0.357 e. The van der Waals surface area contributed by atoms with Gasteiger partial charge in [-0.25, -0.2) is 9.78 Å². The summed E-state index contributed by atoms with van der Waals surface area (Å²) in [4.78, 5) is 25.5. The van der Waals surface area contributed by atoms with E-state index in [1.165, 1.54) is 6.42 Å². The van der Waals surface area contributed by atoms with Gasteiger partial charge in [0.1, 0.15) is 5.82 Å². The van der Waals surface area contributed by atoms with Gasteiger partial charge in [0, 0.05) is 49.6 Å². The van der Waals surface area contributed by atoms with Crippen molar-refractivity contribution in [2.75, 3.05) is 48.8 Å². The van der Waals surface area contributed by atoms with Crippen molar-refractivity contribution in [1.29, 1.82) is 0 Å². The number of anilines is 3. The lowest BCUT2D eigenvalue weighted by atomic mass is 10.1. The second kappa shape index (κ2) is 8.84. The average molecular weight is 416 g/mol. The average Bonchev–Trinajstić information content (AvgIpc) is 3.14. The number of halogens is 1. The smallest absolute Gasteiger partial charge is 0.319 e. The molecule has 2 amide bonds. The van der Waals surface area contributed by atoms with Crippen LogP contribution in [0.5, 0.6) is 0 Å². The van der Waals surface area contributed by atoms with Gasteiger partial charge in [0.25, 0.3) is 0 Å². The Labute approximate surface area is 175 Å². The highest BCUT2D eigenvalue weighted by molar-refractivity contribution is 6.31. The second-order valence-electron chi connectivity index (χ2n) is 7.45. The van der Waals surface area contributed by atoms with Gasteiger partial charge in [0.2, 0.25) is 5.95 Å². The quantitative estimate of drug-likeness (QED) is 0.672. The standard InChI is InChI=1S/C20H26ClN7O/c1-22-19-23-7-5-18(26-19)28-10-6-16(13-28)25-20(29)24-15-4-3-14(17(21)11-15)12-27-8-2-9-27/h3-5,7,11,16H,2,6,8-10,12-13H2,1H3,(H,22,23,26)(H2,24,25,29). The van der Waals surface area contributed by atoms with Crippen molar-refractivity contribution in [1.82, 2.24) is 20.2 Å². The fourth-order valence-electron chi connectivity index (χ4n) is 3.62. The van der Waals surface area contributed by atoms with Crippen LogP contribution < -0.4 is 20.9 Å². The summed E-state index contributed by atoms with van der Waals surface area (Å²) in [6.45, 7) is 4.66. The van der Waals surface area contributed by atoms with Crippen molar-refractivity contribution in [3.63, 3.8) is 0 Å². The van der Waals surface area contributed by atoms with E-state index in [2.05, 4.69) is 35.7 Å². The maximum absolute atomic E-state index is 12.4. The maximum Gasteiger partial charge on any atom is 0.319 e. The molecule has 29 heavy (non-hydrogen) atoms. The van der Waals surface area contributed by atoms with Gasteiger partial charge in [-0.05, 0) is 49.7 Å². The van der Waals surface area contributed by atoms with E-state index in [4.69, 9.17) is 11.6 Å². The summed E-state index contributed by atoms with van der Waals surface area (Å²) < 4.78 is 0. The van der Waals surface area contributed by atoms with Crippen molar-refractivity contribution in [3.05, 3.63) is 41.0 Å². The summed E-state index contributed by atoms with van der Waals surface area (Å²) in [5.74, 6) is 1.45. The zero-order valence-corrected chi connectivity index (χ0v) is 17.2. The SMILES string of the molecule is CNc1nccc(N2CCC(NC(=O)Nc3ccc(CN4CCC4)c(Cl)c3)C2)n1. The summed E-state index contributed by atoms with van der Waals surface area (Å²) in [6.07, 6.45) is 3.85. The van der Waals surface area contributed by atoms with Crippen LogP contribution >= 0.6 is 11.6 Å². The van der Waals surface area contributed by atoms with E-state index < -0.39 is 0 Å². The Morgan fingerprint density at radius 1 is 1.28 bits per heavy atom. The first kappa shape index (κ1) is 19.7. The number of hydrogen-bond donors (Lipinski definition) is 3. The van der Waals surface area contributed by atoms with Crippen LogP contribution in [0.25, 0.3) is 0 Å². The van der Waals surface area contributed by atoms with Crippen LogP contribution in [0.15, 0.2) is 30.5 Å². The molecule has 2 aliphatic heterocycles. The van der Waals surface area contributed by atoms with Crippen molar-refractivity contribution in [3.8, 4) is 0 Å². The molecule has 1 atom stereocenters. The normalized spacial score (nSPS) is 19.0. The summed E-state index contributed by atoms with van der Waals surface area (Å²) in [7, 11) is 1.79. The molecule has 2 saturated heterocycles. The molecule has 2 aromatic rings. The predicted octanol–water partition coefficient (Wildman–Crippen LogP) is 2.78. The van der Waals surface area contributed by atoms with Gasteiger partial charge < -0.3 is 20.9 Å². The minimum atomic E-state index is -0.220. The van der Waals surface area contributed by atoms with Gasteiger partial charge >= 0.3 is 6.03 Å². The molecular weight excluding hydrogens is 390 g/mol. The van der Waals surface area contributed by atoms with Crippen molar-refractivity contribution >= 4 is 35.1 Å². The number of rotatable bonds is 6. The third kappa shape index (κ3) is 4.89. The van der Waals surface area contributed by atoms with Gasteiger partial charge in [-0.1, -0.05) is 17.7 Å². The monoisotopic (exact) mass is 415 g/mol. The fraction of sp³-hybridized carbons (Fsp3) is 0.450. The topological polar surface area (TPSA) is 85.4 Å². The number of benzene rings is 1. The Hall–Kier alpha value is -2.58. The maximum atomic E-state index is 12.4. The van der Waals surface area contributed by atoms with Gasteiger partial charge in [-0.2, -0.15) is 4.98 Å². The number of urea groups is 1. The molecule has 4 rings (SSSR count). The minimum absolute atomic E-state index is 0.0594. The van der Waals surface area contributed by atoms with Crippen LogP contribution in [0, 0.1) is 0 Å². The number of hydrogen-bond acceptors (Lipinski definition) is 6. The zero-order valence-electron chi connectivity index (χ0n) is 16.5. The molecule has 154 valence electrons. The van der Waals surface area contributed by atoms with Gasteiger partial charge in [-0.15, -0.1) is 0 Å². The molecule has 0 aliphatic carbocycles. The highest BCUT2D eigenvalue weighted by Gasteiger charge is 2.25. The third-order valence-corrected chi connectivity index (χ3v) is 5.72. The van der Waals surface area contributed by atoms with E-state index in [-0.39, 0.29) is 12.1 Å². The molecule has 8 nitrogen and oxygen atoms in total. The summed E-state index contributed by atoms with van der Waals surface area (Å²) in [6, 6.07) is 7.43. The molecule has 2 fully saturated rings. The van der Waals surface area contributed by atoms with E-state index >= 15 is 0 Å². The first-order valence-corrected chi connectivity index (χ1v) is 10.3. The van der Waals surface area contributed by atoms with E-state index in [0.29, 0.717) is 23.2 Å². The summed E-state index contributed by atoms with van der Waals surface area (Å²) >= 11 is 6.40. The van der Waals surface area contributed by atoms with Crippen LogP contribution in [-0.4, -0.2) is 60.2 Å². The number of carbonyl (C=O) groups excluding carboxylic acids is 1. The van der Waals surface area contributed by atoms with E-state index in [0.717, 1.165) is 44.0 Å². The van der Waals surface area contributed by atoms with E-state index in [1.54, 1.807) is 13.2 Å². The number of carbonyl (C=O) groups is 1. The van der Waals surface area contributed by atoms with E-state index in [1.807, 2.05) is 24.3 Å². The number of amides is 2. The molecule has 0 radical (unpaired) electrons. The molecule has 0 saturated carbocycles. The lowest BCUT2D eigenvalue weighted by molar-refractivity contribution is 0.172. The van der Waals surface area contributed by atoms with Crippen LogP contribution in [0.3, 0.4) is 0 Å². The molecule has 1 aromatic heterocycles. The third-order valence-electron chi connectivity index (χ3n) is 5.37. The number of likely N-dealkylation sites (tertiary alicyclic amines) is 1. The Morgan fingerprint density at radius 3 is 2.86 bits per heavy atom. The molecular formula is C20H26ClN7O. The van der Waals surface area contributed by atoms with Crippen LogP contribution in [0.2, 0.25) is 5.02 Å². The molecule has 1 aromatic carbocycles. The minimum Gasteiger partial charge on any atom is -0.357 e. The first-order valence-electron chi connectivity index (χ1n) is 9.95. The van der Waals surface area contributed by atoms with Crippen molar-refractivity contribution in [2.45, 2.75) is 25.4 Å². The molecule has 1 unspecified atom stereocenters. The lowest BCUT2D eigenvalue weighted by Gasteiger charge is -2.31. The predicted molar refractivity (Wildman–Crippen MR) is 116 cm³/mol. The van der Waals surface area contributed by atoms with Gasteiger partial charge in [-0.3, -0.25) is 4.90 Å². The summed E-state index contributed by atoms with van der Waals surface area (Å²) in [5.41, 5.74) is 1.79. The molecule has 0 spiro atoms. The van der Waals surface area contributed by atoms with Crippen molar-refractivity contribution < 1.29 is 4.79 Å².